The summed E-state index contributed by atoms with van der Waals surface area (Å²) in [6.07, 6.45) is 6.37. The molecule has 1 unspecified atom stereocenters. The van der Waals surface area contributed by atoms with Gasteiger partial charge in [-0.1, -0.05) is 5.16 Å². The van der Waals surface area contributed by atoms with Crippen molar-refractivity contribution in [2.24, 2.45) is 0 Å². The average molecular weight is 349 g/mol. The number of ketones is 1. The van der Waals surface area contributed by atoms with Crippen LogP contribution in [0.25, 0.3) is 0 Å². The van der Waals surface area contributed by atoms with E-state index >= 15 is 0 Å². The minimum atomic E-state index is -1.38. The topological polar surface area (TPSA) is 78.6 Å². The molecule has 128 valence electrons. The van der Waals surface area contributed by atoms with Gasteiger partial charge in [-0.2, -0.15) is 0 Å². The van der Waals surface area contributed by atoms with Crippen molar-refractivity contribution in [1.82, 2.24) is 5.16 Å². The molecule has 6 nitrogen and oxygen atoms in total. The fourth-order valence-corrected chi connectivity index (χ4v) is 3.42. The molecule has 0 radical (unpaired) electrons. The number of carbonyl (C=O) groups excluding carboxylic acids is 1. The first kappa shape index (κ1) is 16.9. The Hall–Kier alpha value is -1.99. The largest absolute Gasteiger partial charge is 0.490 e. The maximum Gasteiger partial charge on any atom is 0.199 e. The highest BCUT2D eigenvalue weighted by Crippen LogP contribution is 2.43. The van der Waals surface area contributed by atoms with Gasteiger partial charge >= 0.3 is 0 Å². The van der Waals surface area contributed by atoms with Gasteiger partial charge in [0.1, 0.15) is 18.6 Å². The van der Waals surface area contributed by atoms with Crippen LogP contribution >= 0.6 is 0 Å². The lowest BCUT2D eigenvalue weighted by Gasteiger charge is -2.15. The second kappa shape index (κ2) is 7.27. The van der Waals surface area contributed by atoms with Gasteiger partial charge in [0, 0.05) is 18.9 Å². The number of hydrogen-bond donors (Lipinski definition) is 0. The molecule has 1 saturated carbocycles. The molecule has 3 rings (SSSR count). The molecule has 0 amide bonds. The van der Waals surface area contributed by atoms with Gasteiger partial charge in [0.25, 0.3) is 0 Å². The number of ether oxygens (including phenoxy) is 2. The third-order valence-electron chi connectivity index (χ3n) is 3.90. The summed E-state index contributed by atoms with van der Waals surface area (Å²) < 4.78 is 27.8. The standard InChI is InChI=1S/C17H19NO5S/c1-21-5-6-22-15-8-12(11-3-4-11)7-14(17(15)24(2)20)16(19)13-9-18-23-10-13/h7-11H,3-6H2,1-2H3. The molecule has 7 heteroatoms. The van der Waals surface area contributed by atoms with Crippen LogP contribution < -0.4 is 4.74 Å². The van der Waals surface area contributed by atoms with Crippen molar-refractivity contribution < 1.29 is 23.0 Å². The Labute approximate surface area is 142 Å². The molecular formula is C17H19NO5S. The van der Waals surface area contributed by atoms with Gasteiger partial charge in [-0.25, -0.2) is 0 Å². The van der Waals surface area contributed by atoms with Gasteiger partial charge < -0.3 is 14.0 Å². The van der Waals surface area contributed by atoms with Crippen LogP contribution in [-0.4, -0.2) is 41.7 Å². The highest BCUT2D eigenvalue weighted by molar-refractivity contribution is 7.84. The Kier molecular flexibility index (Phi) is 5.11. The van der Waals surface area contributed by atoms with E-state index in [0.717, 1.165) is 18.4 Å². The molecule has 0 bridgehead atoms. The van der Waals surface area contributed by atoms with Crippen molar-refractivity contribution in [3.63, 3.8) is 0 Å². The van der Waals surface area contributed by atoms with E-state index in [1.54, 1.807) is 13.4 Å². The monoisotopic (exact) mass is 349 g/mol. The lowest BCUT2D eigenvalue weighted by atomic mass is 10.0. The van der Waals surface area contributed by atoms with E-state index in [-0.39, 0.29) is 5.78 Å². The highest BCUT2D eigenvalue weighted by Gasteiger charge is 2.29. The summed E-state index contributed by atoms with van der Waals surface area (Å²) in [6, 6.07) is 3.72. The summed E-state index contributed by atoms with van der Waals surface area (Å²) in [5.41, 5.74) is 1.75. The van der Waals surface area contributed by atoms with E-state index in [9.17, 15) is 9.00 Å². The van der Waals surface area contributed by atoms with E-state index in [2.05, 4.69) is 5.16 Å². The molecule has 0 aliphatic heterocycles. The Morgan fingerprint density at radius 1 is 1.38 bits per heavy atom. The van der Waals surface area contributed by atoms with Crippen LogP contribution in [-0.2, 0) is 15.5 Å². The molecule has 1 aromatic heterocycles. The molecule has 0 N–H and O–H groups in total. The average Bonchev–Trinajstić information content (AvgIpc) is 3.28. The number of carbonyl (C=O) groups is 1. The second-order valence-electron chi connectivity index (χ2n) is 5.71. The third-order valence-corrected chi connectivity index (χ3v) is 4.89. The SMILES string of the molecule is COCCOc1cc(C2CC2)cc(C(=O)c2cnoc2)c1S(C)=O. The molecule has 1 aliphatic rings. The smallest absolute Gasteiger partial charge is 0.199 e. The first-order chi connectivity index (χ1) is 11.6. The van der Waals surface area contributed by atoms with Gasteiger partial charge in [0.2, 0.25) is 0 Å². The van der Waals surface area contributed by atoms with Crippen LogP contribution in [0.5, 0.6) is 5.75 Å². The summed E-state index contributed by atoms with van der Waals surface area (Å²) in [4.78, 5) is 13.2. The minimum Gasteiger partial charge on any atom is -0.490 e. The fourth-order valence-electron chi connectivity index (χ4n) is 2.56. The predicted octanol–water partition coefficient (Wildman–Crippen LogP) is 2.55. The van der Waals surface area contributed by atoms with E-state index in [0.29, 0.717) is 40.9 Å². The number of benzene rings is 1. The molecule has 24 heavy (non-hydrogen) atoms. The quantitative estimate of drug-likeness (QED) is 0.538. The number of nitrogens with zero attached hydrogens (tertiary/aromatic N) is 1. The van der Waals surface area contributed by atoms with Crippen molar-refractivity contribution >= 4 is 16.6 Å². The van der Waals surface area contributed by atoms with E-state index < -0.39 is 10.8 Å². The number of rotatable bonds is 8. The van der Waals surface area contributed by atoms with Crippen LogP contribution in [0.2, 0.25) is 0 Å². The van der Waals surface area contributed by atoms with Gasteiger partial charge in [0.05, 0.1) is 34.1 Å². The normalized spacial score (nSPS) is 15.2. The number of aromatic nitrogens is 1. The van der Waals surface area contributed by atoms with Gasteiger partial charge in [-0.05, 0) is 36.5 Å². The van der Waals surface area contributed by atoms with Crippen molar-refractivity contribution in [3.8, 4) is 5.75 Å². The third kappa shape index (κ3) is 3.57. The summed E-state index contributed by atoms with van der Waals surface area (Å²) in [6.45, 7) is 0.744. The molecule has 1 aliphatic carbocycles. The number of methoxy groups -OCH3 is 1. The molecule has 1 aromatic carbocycles. The first-order valence-electron chi connectivity index (χ1n) is 7.69. The molecule has 1 atom stereocenters. The zero-order chi connectivity index (χ0) is 17.1. The lowest BCUT2D eigenvalue weighted by molar-refractivity contribution is 0.103. The van der Waals surface area contributed by atoms with Crippen molar-refractivity contribution in [2.75, 3.05) is 26.6 Å². The second-order valence-corrected chi connectivity index (χ2v) is 7.02. The van der Waals surface area contributed by atoms with Gasteiger partial charge in [0.15, 0.2) is 5.78 Å². The molecule has 2 aromatic rings. The summed E-state index contributed by atoms with van der Waals surface area (Å²) in [5.74, 6) is 0.653. The minimum absolute atomic E-state index is 0.263. The van der Waals surface area contributed by atoms with E-state index in [4.69, 9.17) is 14.0 Å². The molecule has 0 saturated heterocycles. The van der Waals surface area contributed by atoms with Gasteiger partial charge in [-0.15, -0.1) is 0 Å². The summed E-state index contributed by atoms with van der Waals surface area (Å²) in [5, 5.41) is 3.58. The zero-order valence-electron chi connectivity index (χ0n) is 13.6. The Bertz CT molecular complexity index is 753. The lowest BCUT2D eigenvalue weighted by Crippen LogP contribution is -2.12. The first-order valence-corrected chi connectivity index (χ1v) is 9.24. The van der Waals surface area contributed by atoms with Crippen LogP contribution in [0.4, 0.5) is 0 Å². The van der Waals surface area contributed by atoms with Crippen molar-refractivity contribution in [2.45, 2.75) is 23.7 Å². The van der Waals surface area contributed by atoms with Gasteiger partial charge in [-0.3, -0.25) is 9.00 Å². The van der Waals surface area contributed by atoms with Crippen molar-refractivity contribution in [3.05, 3.63) is 41.3 Å². The Morgan fingerprint density at radius 3 is 2.75 bits per heavy atom. The molecular weight excluding hydrogens is 330 g/mol. The molecule has 0 spiro atoms. The fraction of sp³-hybridized carbons (Fsp3) is 0.412. The summed E-state index contributed by atoms with van der Waals surface area (Å²) >= 11 is 0. The van der Waals surface area contributed by atoms with Crippen LogP contribution in [0.3, 0.4) is 0 Å². The Morgan fingerprint density at radius 2 is 2.17 bits per heavy atom. The van der Waals surface area contributed by atoms with Crippen LogP contribution in [0.15, 0.2) is 34.0 Å². The maximum absolute atomic E-state index is 12.8. The van der Waals surface area contributed by atoms with E-state index in [1.165, 1.54) is 12.5 Å². The number of hydrogen-bond acceptors (Lipinski definition) is 6. The van der Waals surface area contributed by atoms with E-state index in [1.807, 2.05) is 12.1 Å². The summed E-state index contributed by atoms with van der Waals surface area (Å²) in [7, 11) is 0.209. The maximum atomic E-state index is 12.8. The van der Waals surface area contributed by atoms with Crippen LogP contribution in [0, 0.1) is 0 Å². The van der Waals surface area contributed by atoms with Crippen LogP contribution in [0.1, 0.15) is 40.2 Å². The molecule has 1 heterocycles. The van der Waals surface area contributed by atoms with Crippen molar-refractivity contribution in [1.29, 1.82) is 0 Å². The predicted molar refractivity (Wildman–Crippen MR) is 88.1 cm³/mol. The zero-order valence-corrected chi connectivity index (χ0v) is 14.4. The highest BCUT2D eigenvalue weighted by atomic mass is 32.2. The molecule has 1 fully saturated rings. The Balaban J connectivity index is 2.06.